The maximum Gasteiger partial charge on any atom is -0.0383 e. The molecule has 0 bridgehead atoms. The van der Waals surface area contributed by atoms with Crippen LogP contribution in [0.15, 0.2) is 0 Å². The standard InChI is InChI=1S/C7H16.2C6H14.C5H12.2CH4/c1-5-6-7(2,3)4;2*1-5-6(2,3)4;1-5(2,3)4;;/h5-6H2,1-4H3;2*5H2,1-4H3;1-4H3;2*1H4. The van der Waals surface area contributed by atoms with Gasteiger partial charge in [-0.3, -0.25) is 0 Å². The molecule has 0 radical (unpaired) electrons. The second-order valence-corrected chi connectivity index (χ2v) is 12.1. The van der Waals surface area contributed by atoms with Crippen LogP contribution in [0, 0.1) is 21.7 Å². The molecule has 0 aliphatic heterocycles. The summed E-state index contributed by atoms with van der Waals surface area (Å²) in [7, 11) is 0. The molecule has 0 saturated carbocycles. The van der Waals surface area contributed by atoms with Crippen molar-refractivity contribution in [3.63, 3.8) is 0 Å². The molecule has 0 aliphatic carbocycles. The Morgan fingerprint density at radius 2 is 0.577 bits per heavy atom. The van der Waals surface area contributed by atoms with E-state index in [-0.39, 0.29) is 14.9 Å². The zero-order chi connectivity index (χ0) is 20.8. The number of hydrogen-bond donors (Lipinski definition) is 0. The van der Waals surface area contributed by atoms with Crippen molar-refractivity contribution in [2.75, 3.05) is 0 Å². The summed E-state index contributed by atoms with van der Waals surface area (Å²) in [6.45, 7) is 35.7. The molecule has 0 amide bonds. The van der Waals surface area contributed by atoms with Gasteiger partial charge in [-0.15, -0.1) is 0 Å². The summed E-state index contributed by atoms with van der Waals surface area (Å²) in [5.74, 6) is 0. The monoisotopic (exact) mass is 377 g/mol. The zero-order valence-corrected chi connectivity index (χ0v) is 20.8. The van der Waals surface area contributed by atoms with Gasteiger partial charge in [0.1, 0.15) is 0 Å². The topological polar surface area (TPSA) is 0 Å². The Morgan fingerprint density at radius 3 is 0.577 bits per heavy atom. The highest BCUT2D eigenvalue weighted by Crippen LogP contribution is 2.19. The van der Waals surface area contributed by atoms with Crippen LogP contribution in [0.3, 0.4) is 0 Å². The van der Waals surface area contributed by atoms with Gasteiger partial charge < -0.3 is 0 Å². The third-order valence-electron chi connectivity index (χ3n) is 3.12. The second kappa shape index (κ2) is 18.4. The van der Waals surface area contributed by atoms with Crippen molar-refractivity contribution >= 4 is 0 Å². The minimum Gasteiger partial charge on any atom is -0.0776 e. The molecule has 0 aromatic rings. The number of rotatable bonds is 1. The predicted molar refractivity (Wildman–Crippen MR) is 132 cm³/mol. The molecule has 0 aromatic carbocycles. The van der Waals surface area contributed by atoms with E-state index < -0.39 is 0 Å². The van der Waals surface area contributed by atoms with E-state index in [0.717, 1.165) is 0 Å². The molecule has 0 atom stereocenters. The van der Waals surface area contributed by atoms with Crippen LogP contribution >= 0.6 is 0 Å². The summed E-state index contributed by atoms with van der Waals surface area (Å²) in [5.41, 5.74) is 2.13. The average molecular weight is 377 g/mol. The van der Waals surface area contributed by atoms with Crippen molar-refractivity contribution in [1.82, 2.24) is 0 Å². The lowest BCUT2D eigenvalue weighted by Crippen LogP contribution is -2.02. The molecule has 168 valence electrons. The minimum atomic E-state index is 0. The maximum atomic E-state index is 2.27. The summed E-state index contributed by atoms with van der Waals surface area (Å²) in [4.78, 5) is 0. The van der Waals surface area contributed by atoms with Crippen LogP contribution in [0.5, 0.6) is 0 Å². The second-order valence-electron chi connectivity index (χ2n) is 12.1. The maximum absolute atomic E-state index is 2.27. The zero-order valence-electron chi connectivity index (χ0n) is 20.8. The van der Waals surface area contributed by atoms with Crippen molar-refractivity contribution < 1.29 is 0 Å². The molecule has 0 heterocycles. The van der Waals surface area contributed by atoms with E-state index in [4.69, 9.17) is 0 Å². The van der Waals surface area contributed by atoms with Crippen molar-refractivity contribution in [3.8, 4) is 0 Å². The fourth-order valence-electron chi connectivity index (χ4n) is 0.750. The molecule has 26 heavy (non-hydrogen) atoms. The molecular weight excluding hydrogens is 312 g/mol. The normalized spacial score (nSPS) is 11.1. The SMILES string of the molecule is C.C.CC(C)(C)C.CCC(C)(C)C.CCC(C)(C)C.CCCC(C)(C)C. The molecule has 0 fully saturated rings. The van der Waals surface area contributed by atoms with Gasteiger partial charge in [-0.05, 0) is 28.1 Å². The third-order valence-corrected chi connectivity index (χ3v) is 3.12. The van der Waals surface area contributed by atoms with Crippen LogP contribution in [0.2, 0.25) is 0 Å². The van der Waals surface area contributed by atoms with Gasteiger partial charge in [0.15, 0.2) is 0 Å². The average Bonchev–Trinajstić information content (AvgIpc) is 2.25. The first kappa shape index (κ1) is 40.6. The highest BCUT2D eigenvalue weighted by molar-refractivity contribution is 4.58. The van der Waals surface area contributed by atoms with Crippen LogP contribution < -0.4 is 0 Å². The molecule has 0 rings (SSSR count). The van der Waals surface area contributed by atoms with E-state index in [1.807, 2.05) is 0 Å². The highest BCUT2D eigenvalue weighted by Gasteiger charge is 2.06. The van der Waals surface area contributed by atoms with Crippen LogP contribution in [0.25, 0.3) is 0 Å². The van der Waals surface area contributed by atoms with Gasteiger partial charge in [-0.1, -0.05) is 145 Å². The lowest BCUT2D eigenvalue weighted by Gasteiger charge is -2.15. The van der Waals surface area contributed by atoms with E-state index >= 15 is 0 Å². The van der Waals surface area contributed by atoms with Crippen LogP contribution in [-0.2, 0) is 0 Å². The Bertz CT molecular complexity index is 211. The Morgan fingerprint density at radius 1 is 0.423 bits per heavy atom. The van der Waals surface area contributed by atoms with E-state index in [1.54, 1.807) is 0 Å². The summed E-state index contributed by atoms with van der Waals surface area (Å²) < 4.78 is 0. The molecule has 0 aliphatic rings. The largest absolute Gasteiger partial charge is 0.0776 e. The molecular formula is C26H64. The van der Waals surface area contributed by atoms with E-state index in [9.17, 15) is 0 Å². The van der Waals surface area contributed by atoms with Gasteiger partial charge in [-0.25, -0.2) is 0 Å². The fraction of sp³-hybridized carbons (Fsp3) is 1.00. The first-order valence-electron chi connectivity index (χ1n) is 10.2. The molecule has 0 unspecified atom stereocenters. The first-order valence-corrected chi connectivity index (χ1v) is 10.2. The summed E-state index contributed by atoms with van der Waals surface area (Å²) in [6.07, 6.45) is 5.19. The lowest BCUT2D eigenvalue weighted by atomic mass is 9.91. The third kappa shape index (κ3) is 127. The Hall–Kier alpha value is 0. The van der Waals surface area contributed by atoms with Gasteiger partial charge in [0.2, 0.25) is 0 Å². The van der Waals surface area contributed by atoms with E-state index in [2.05, 4.69) is 111 Å². The van der Waals surface area contributed by atoms with Crippen LogP contribution in [-0.4, -0.2) is 0 Å². The molecule has 0 N–H and O–H groups in total. The molecule has 0 aromatic heterocycles. The smallest absolute Gasteiger partial charge is 0.0383 e. The van der Waals surface area contributed by atoms with Crippen molar-refractivity contribution in [2.24, 2.45) is 21.7 Å². The van der Waals surface area contributed by atoms with E-state index in [0.29, 0.717) is 21.7 Å². The highest BCUT2D eigenvalue weighted by atomic mass is 14.1. The minimum absolute atomic E-state index is 0. The summed E-state index contributed by atoms with van der Waals surface area (Å²) in [5, 5.41) is 0. The number of hydrogen-bond acceptors (Lipinski definition) is 0. The van der Waals surface area contributed by atoms with E-state index in [1.165, 1.54) is 25.7 Å². The molecule has 0 spiro atoms. The lowest BCUT2D eigenvalue weighted by molar-refractivity contribution is 0.373. The first-order chi connectivity index (χ1) is 10.2. The van der Waals surface area contributed by atoms with Gasteiger partial charge in [0, 0.05) is 0 Å². The van der Waals surface area contributed by atoms with Crippen molar-refractivity contribution in [3.05, 3.63) is 0 Å². The molecule has 0 saturated heterocycles. The van der Waals surface area contributed by atoms with Gasteiger partial charge in [0.25, 0.3) is 0 Å². The Kier molecular flexibility index (Phi) is 28.7. The Balaban J connectivity index is -0.0000000503. The van der Waals surface area contributed by atoms with Crippen molar-refractivity contribution in [2.45, 2.75) is 151 Å². The van der Waals surface area contributed by atoms with Crippen molar-refractivity contribution in [1.29, 1.82) is 0 Å². The van der Waals surface area contributed by atoms with Gasteiger partial charge in [-0.2, -0.15) is 0 Å². The van der Waals surface area contributed by atoms with Gasteiger partial charge >= 0.3 is 0 Å². The predicted octanol–water partition coefficient (Wildman–Crippen LogP) is 11.0. The molecule has 0 nitrogen and oxygen atoms in total. The quantitative estimate of drug-likeness (QED) is 0.426. The molecule has 0 heteroatoms. The van der Waals surface area contributed by atoms with Gasteiger partial charge in [0.05, 0.1) is 0 Å². The van der Waals surface area contributed by atoms with Crippen LogP contribution in [0.1, 0.15) is 151 Å². The summed E-state index contributed by atoms with van der Waals surface area (Å²) >= 11 is 0. The Labute approximate surface area is 173 Å². The summed E-state index contributed by atoms with van der Waals surface area (Å²) in [6, 6.07) is 0. The van der Waals surface area contributed by atoms with Crippen LogP contribution in [0.4, 0.5) is 0 Å². The fourth-order valence-corrected chi connectivity index (χ4v) is 0.750.